The minimum Gasteiger partial charge on any atom is -0.378 e. The summed E-state index contributed by atoms with van der Waals surface area (Å²) in [5.41, 5.74) is 1.25. The van der Waals surface area contributed by atoms with E-state index in [0.717, 1.165) is 5.56 Å². The van der Waals surface area contributed by atoms with E-state index in [2.05, 4.69) is 25.9 Å². The molecule has 2 aromatic rings. The minimum absolute atomic E-state index is 0.243. The van der Waals surface area contributed by atoms with E-state index in [9.17, 15) is 4.79 Å². The van der Waals surface area contributed by atoms with Crippen molar-refractivity contribution in [3.8, 4) is 0 Å². The fourth-order valence-corrected chi connectivity index (χ4v) is 2.31. The first-order valence-electron chi connectivity index (χ1n) is 6.61. The molecule has 0 radical (unpaired) electrons. The quantitative estimate of drug-likeness (QED) is 0.868. The third-order valence-electron chi connectivity index (χ3n) is 2.91. The van der Waals surface area contributed by atoms with Gasteiger partial charge >= 0.3 is 0 Å². The van der Waals surface area contributed by atoms with Crippen molar-refractivity contribution in [2.24, 2.45) is 0 Å². The van der Waals surface area contributed by atoms with Crippen LogP contribution in [0.4, 0.5) is 0 Å². The van der Waals surface area contributed by atoms with Crippen molar-refractivity contribution in [3.63, 3.8) is 0 Å². The van der Waals surface area contributed by atoms with Gasteiger partial charge in [-0.05, 0) is 28.4 Å². The molecule has 0 fully saturated rings. The molecule has 21 heavy (non-hydrogen) atoms. The van der Waals surface area contributed by atoms with Crippen LogP contribution in [-0.2, 0) is 16.1 Å². The molecular formula is C15H17BrN2O3. The summed E-state index contributed by atoms with van der Waals surface area (Å²) >= 11 is 3.23. The van der Waals surface area contributed by atoms with Gasteiger partial charge in [0, 0.05) is 13.7 Å². The Hall–Kier alpha value is -1.50. The predicted molar refractivity (Wildman–Crippen MR) is 83.2 cm³/mol. The van der Waals surface area contributed by atoms with Crippen molar-refractivity contribution < 1.29 is 9.47 Å². The van der Waals surface area contributed by atoms with Crippen molar-refractivity contribution in [1.82, 2.24) is 9.97 Å². The smallest absolute Gasteiger partial charge is 0.265 e. The van der Waals surface area contributed by atoms with E-state index >= 15 is 0 Å². The highest BCUT2D eigenvalue weighted by atomic mass is 79.9. The molecule has 1 unspecified atom stereocenters. The molecule has 0 aliphatic heterocycles. The van der Waals surface area contributed by atoms with Crippen LogP contribution < -0.4 is 5.56 Å². The number of methoxy groups -OCH3 is 1. The molecule has 0 aliphatic carbocycles. The Bertz CT molecular complexity index is 643. The second-order valence-electron chi connectivity index (χ2n) is 4.39. The summed E-state index contributed by atoms with van der Waals surface area (Å²) in [7, 11) is 1.56. The molecule has 0 amide bonds. The number of rotatable bonds is 6. The number of aromatic amines is 1. The fourth-order valence-electron chi connectivity index (χ4n) is 2.01. The standard InChI is InChI=1S/C15H17BrN2O3/c1-3-21-13(10-7-5-4-6-8-10)14-17-11(9-20-2)12(16)15(19)18-14/h4-8,13H,3,9H2,1-2H3,(H,17,18,19). The van der Waals surface area contributed by atoms with Crippen molar-refractivity contribution in [1.29, 1.82) is 0 Å². The summed E-state index contributed by atoms with van der Waals surface area (Å²) in [6.45, 7) is 2.67. The monoisotopic (exact) mass is 352 g/mol. The van der Waals surface area contributed by atoms with Gasteiger partial charge in [-0.15, -0.1) is 0 Å². The van der Waals surface area contributed by atoms with Crippen LogP contribution in [0.1, 0.15) is 30.1 Å². The topological polar surface area (TPSA) is 64.2 Å². The van der Waals surface area contributed by atoms with Gasteiger partial charge < -0.3 is 14.5 Å². The highest BCUT2D eigenvalue weighted by Crippen LogP contribution is 2.23. The zero-order valence-electron chi connectivity index (χ0n) is 11.9. The van der Waals surface area contributed by atoms with E-state index in [-0.39, 0.29) is 12.2 Å². The summed E-state index contributed by atoms with van der Waals surface area (Å²) in [5, 5.41) is 0. The number of ether oxygens (including phenoxy) is 2. The van der Waals surface area contributed by atoms with Gasteiger partial charge in [0.05, 0.1) is 12.3 Å². The maximum absolute atomic E-state index is 12.0. The molecule has 2 rings (SSSR count). The van der Waals surface area contributed by atoms with E-state index < -0.39 is 6.10 Å². The number of nitrogens with one attached hydrogen (secondary N) is 1. The second kappa shape index (κ2) is 7.49. The zero-order chi connectivity index (χ0) is 15.2. The highest BCUT2D eigenvalue weighted by Gasteiger charge is 2.19. The Morgan fingerprint density at radius 2 is 2.05 bits per heavy atom. The molecule has 0 bridgehead atoms. The highest BCUT2D eigenvalue weighted by molar-refractivity contribution is 9.10. The Labute approximate surface area is 131 Å². The molecular weight excluding hydrogens is 336 g/mol. The number of nitrogens with zero attached hydrogens (tertiary/aromatic N) is 1. The molecule has 112 valence electrons. The maximum Gasteiger partial charge on any atom is 0.265 e. The van der Waals surface area contributed by atoms with Crippen molar-refractivity contribution in [2.75, 3.05) is 13.7 Å². The lowest BCUT2D eigenvalue weighted by molar-refractivity contribution is 0.0841. The zero-order valence-corrected chi connectivity index (χ0v) is 13.5. The molecule has 1 N–H and O–H groups in total. The van der Waals surface area contributed by atoms with E-state index in [0.29, 0.717) is 22.6 Å². The van der Waals surface area contributed by atoms with Gasteiger partial charge in [-0.2, -0.15) is 0 Å². The molecule has 5 nitrogen and oxygen atoms in total. The number of halogens is 1. The summed E-state index contributed by atoms with van der Waals surface area (Å²) < 4.78 is 11.2. The summed E-state index contributed by atoms with van der Waals surface area (Å²) in [5.74, 6) is 0.475. The lowest BCUT2D eigenvalue weighted by Crippen LogP contribution is -2.20. The van der Waals surface area contributed by atoms with Crippen molar-refractivity contribution >= 4 is 15.9 Å². The first-order valence-corrected chi connectivity index (χ1v) is 7.40. The van der Waals surface area contributed by atoms with Gasteiger partial charge in [0.25, 0.3) is 5.56 Å². The fraction of sp³-hybridized carbons (Fsp3) is 0.333. The van der Waals surface area contributed by atoms with Gasteiger partial charge in [-0.25, -0.2) is 4.98 Å². The first kappa shape index (κ1) is 15.9. The van der Waals surface area contributed by atoms with Gasteiger partial charge in [-0.3, -0.25) is 4.79 Å². The van der Waals surface area contributed by atoms with Gasteiger partial charge in [-0.1, -0.05) is 30.3 Å². The molecule has 0 spiro atoms. The first-order chi connectivity index (χ1) is 10.2. The summed E-state index contributed by atoms with van der Waals surface area (Å²) in [6.07, 6.45) is -0.410. The predicted octanol–water partition coefficient (Wildman–Crippen LogP) is 2.80. The molecule has 0 aliphatic rings. The van der Waals surface area contributed by atoms with Crippen LogP contribution in [0, 0.1) is 0 Å². The van der Waals surface area contributed by atoms with Crippen LogP contribution in [0.5, 0.6) is 0 Å². The van der Waals surface area contributed by atoms with Gasteiger partial charge in [0.2, 0.25) is 0 Å². The van der Waals surface area contributed by atoms with E-state index in [1.54, 1.807) is 7.11 Å². The lowest BCUT2D eigenvalue weighted by Gasteiger charge is -2.17. The van der Waals surface area contributed by atoms with Crippen LogP contribution in [0.2, 0.25) is 0 Å². The number of benzene rings is 1. The Morgan fingerprint density at radius 3 is 2.67 bits per heavy atom. The minimum atomic E-state index is -0.410. The molecule has 1 atom stereocenters. The molecule has 6 heteroatoms. The normalized spacial score (nSPS) is 12.3. The number of aromatic nitrogens is 2. The van der Waals surface area contributed by atoms with Crippen LogP contribution in [-0.4, -0.2) is 23.7 Å². The third-order valence-corrected chi connectivity index (χ3v) is 3.73. The molecule has 1 aromatic carbocycles. The maximum atomic E-state index is 12.0. The largest absolute Gasteiger partial charge is 0.378 e. The average molecular weight is 353 g/mol. The summed E-state index contributed by atoms with van der Waals surface area (Å²) in [4.78, 5) is 19.3. The van der Waals surface area contributed by atoms with Gasteiger partial charge in [0.1, 0.15) is 16.4 Å². The van der Waals surface area contributed by atoms with Crippen LogP contribution in [0.3, 0.4) is 0 Å². The number of H-pyrrole nitrogens is 1. The third kappa shape index (κ3) is 3.78. The Balaban J connectivity index is 2.48. The Kier molecular flexibility index (Phi) is 5.67. The SMILES string of the molecule is CCOC(c1ccccc1)c1nc(COC)c(Br)c(=O)[nH]1. The van der Waals surface area contributed by atoms with Crippen molar-refractivity contribution in [3.05, 3.63) is 62.2 Å². The summed E-state index contributed by atoms with van der Waals surface area (Å²) in [6, 6.07) is 9.67. The molecule has 0 saturated carbocycles. The molecule has 0 saturated heterocycles. The van der Waals surface area contributed by atoms with Gasteiger partial charge in [0.15, 0.2) is 0 Å². The van der Waals surface area contributed by atoms with Crippen molar-refractivity contribution in [2.45, 2.75) is 19.6 Å². The van der Waals surface area contributed by atoms with Crippen LogP contribution in [0.15, 0.2) is 39.6 Å². The van der Waals surface area contributed by atoms with Crippen LogP contribution >= 0.6 is 15.9 Å². The van der Waals surface area contributed by atoms with E-state index in [4.69, 9.17) is 9.47 Å². The van der Waals surface area contributed by atoms with E-state index in [1.165, 1.54) is 0 Å². The average Bonchev–Trinajstić information content (AvgIpc) is 2.50. The van der Waals surface area contributed by atoms with E-state index in [1.807, 2.05) is 37.3 Å². The second-order valence-corrected chi connectivity index (χ2v) is 5.18. The molecule has 1 heterocycles. The lowest BCUT2D eigenvalue weighted by atomic mass is 10.1. The number of hydrogen-bond acceptors (Lipinski definition) is 4. The number of hydrogen-bond donors (Lipinski definition) is 1. The Morgan fingerprint density at radius 1 is 1.33 bits per heavy atom. The molecule has 1 aromatic heterocycles. The van der Waals surface area contributed by atoms with Crippen LogP contribution in [0.25, 0.3) is 0 Å².